The Bertz CT molecular complexity index is 366. The number of pyridine rings is 1. The monoisotopic (exact) mass is 250 g/mol. The standard InChI is InChI=1S/C15H26N2O/c1-6-11(3)16-10-13(5)18-15-9-8-12(4)17-14(15)7-2/h8-9,11,13,16H,6-7,10H2,1-5H3. The van der Waals surface area contributed by atoms with Gasteiger partial charge in [0, 0.05) is 18.3 Å². The number of rotatable bonds is 7. The fourth-order valence-corrected chi connectivity index (χ4v) is 1.73. The van der Waals surface area contributed by atoms with Crippen LogP contribution in [0.4, 0.5) is 0 Å². The fourth-order valence-electron chi connectivity index (χ4n) is 1.73. The first-order valence-corrected chi connectivity index (χ1v) is 6.93. The van der Waals surface area contributed by atoms with Crippen LogP contribution in [0.5, 0.6) is 5.75 Å². The molecule has 0 aliphatic rings. The maximum atomic E-state index is 5.96. The molecule has 0 aliphatic heterocycles. The number of hydrogen-bond donors (Lipinski definition) is 1. The number of ether oxygens (including phenoxy) is 1. The van der Waals surface area contributed by atoms with Gasteiger partial charge in [-0.2, -0.15) is 0 Å². The smallest absolute Gasteiger partial charge is 0.141 e. The lowest BCUT2D eigenvalue weighted by atomic mass is 10.2. The second-order valence-corrected chi connectivity index (χ2v) is 4.90. The molecular weight excluding hydrogens is 224 g/mol. The van der Waals surface area contributed by atoms with E-state index in [1.165, 1.54) is 0 Å². The van der Waals surface area contributed by atoms with Crippen LogP contribution in [0, 0.1) is 6.92 Å². The molecule has 0 fully saturated rings. The van der Waals surface area contributed by atoms with Crippen LogP contribution in [0.3, 0.4) is 0 Å². The molecular formula is C15H26N2O. The maximum absolute atomic E-state index is 5.96. The first kappa shape index (κ1) is 15.0. The number of hydrogen-bond acceptors (Lipinski definition) is 3. The molecule has 0 bridgehead atoms. The van der Waals surface area contributed by atoms with Crippen LogP contribution in [-0.4, -0.2) is 23.7 Å². The Labute approximate surface area is 111 Å². The molecule has 102 valence electrons. The second-order valence-electron chi connectivity index (χ2n) is 4.90. The maximum Gasteiger partial charge on any atom is 0.141 e. The summed E-state index contributed by atoms with van der Waals surface area (Å²) < 4.78 is 5.96. The average Bonchev–Trinajstić information content (AvgIpc) is 2.37. The van der Waals surface area contributed by atoms with E-state index in [1.807, 2.05) is 19.1 Å². The van der Waals surface area contributed by atoms with Crippen molar-refractivity contribution in [2.24, 2.45) is 0 Å². The third-order valence-corrected chi connectivity index (χ3v) is 3.10. The molecule has 0 saturated carbocycles. The van der Waals surface area contributed by atoms with E-state index >= 15 is 0 Å². The van der Waals surface area contributed by atoms with Crippen molar-refractivity contribution in [1.82, 2.24) is 10.3 Å². The molecule has 0 aliphatic carbocycles. The highest BCUT2D eigenvalue weighted by molar-refractivity contribution is 5.29. The summed E-state index contributed by atoms with van der Waals surface area (Å²) in [5.41, 5.74) is 2.09. The summed E-state index contributed by atoms with van der Waals surface area (Å²) in [5.74, 6) is 0.918. The van der Waals surface area contributed by atoms with Gasteiger partial charge < -0.3 is 10.1 Å². The van der Waals surface area contributed by atoms with Crippen molar-refractivity contribution in [3.05, 3.63) is 23.5 Å². The third-order valence-electron chi connectivity index (χ3n) is 3.10. The molecule has 18 heavy (non-hydrogen) atoms. The summed E-state index contributed by atoms with van der Waals surface area (Å²) >= 11 is 0. The molecule has 1 aromatic rings. The Morgan fingerprint density at radius 2 is 2.00 bits per heavy atom. The fraction of sp³-hybridized carbons (Fsp3) is 0.667. The molecule has 1 aromatic heterocycles. The molecule has 0 radical (unpaired) electrons. The number of aromatic nitrogens is 1. The van der Waals surface area contributed by atoms with Crippen molar-refractivity contribution in [3.8, 4) is 5.75 Å². The Balaban J connectivity index is 2.56. The highest BCUT2D eigenvalue weighted by Crippen LogP contribution is 2.18. The molecule has 1 N–H and O–H groups in total. The van der Waals surface area contributed by atoms with Crippen molar-refractivity contribution in [2.45, 2.75) is 59.6 Å². The number of nitrogens with zero attached hydrogens (tertiary/aromatic N) is 1. The first-order valence-electron chi connectivity index (χ1n) is 6.93. The van der Waals surface area contributed by atoms with E-state index in [0.29, 0.717) is 6.04 Å². The Morgan fingerprint density at radius 3 is 2.61 bits per heavy atom. The Kier molecular flexibility index (Phi) is 6.13. The highest BCUT2D eigenvalue weighted by Gasteiger charge is 2.09. The van der Waals surface area contributed by atoms with Crippen LogP contribution in [-0.2, 0) is 6.42 Å². The first-order chi connectivity index (χ1) is 8.56. The number of aryl methyl sites for hydroxylation is 2. The van der Waals surface area contributed by atoms with E-state index in [1.54, 1.807) is 0 Å². The van der Waals surface area contributed by atoms with E-state index in [2.05, 4.69) is 38.0 Å². The van der Waals surface area contributed by atoms with Gasteiger partial charge in [-0.25, -0.2) is 0 Å². The van der Waals surface area contributed by atoms with Crippen LogP contribution in [0.15, 0.2) is 12.1 Å². The van der Waals surface area contributed by atoms with Crippen molar-refractivity contribution in [1.29, 1.82) is 0 Å². The van der Waals surface area contributed by atoms with Gasteiger partial charge in [0.25, 0.3) is 0 Å². The van der Waals surface area contributed by atoms with Gasteiger partial charge in [0.05, 0.1) is 5.69 Å². The largest absolute Gasteiger partial charge is 0.487 e. The molecule has 3 heteroatoms. The summed E-state index contributed by atoms with van der Waals surface area (Å²) in [6.07, 6.45) is 2.20. The summed E-state index contributed by atoms with van der Waals surface area (Å²) in [7, 11) is 0. The van der Waals surface area contributed by atoms with Gasteiger partial charge in [-0.05, 0) is 45.7 Å². The lowest BCUT2D eigenvalue weighted by molar-refractivity contribution is 0.209. The van der Waals surface area contributed by atoms with E-state index in [4.69, 9.17) is 4.74 Å². The predicted molar refractivity (Wildman–Crippen MR) is 76.2 cm³/mol. The zero-order valence-electron chi connectivity index (χ0n) is 12.3. The van der Waals surface area contributed by atoms with Gasteiger partial charge in [0.15, 0.2) is 0 Å². The predicted octanol–water partition coefficient (Wildman–Crippen LogP) is 3.11. The van der Waals surface area contributed by atoms with Crippen LogP contribution < -0.4 is 10.1 Å². The SMILES string of the molecule is CCc1nc(C)ccc1OC(C)CNC(C)CC. The van der Waals surface area contributed by atoms with E-state index in [9.17, 15) is 0 Å². The van der Waals surface area contributed by atoms with E-state index in [0.717, 1.165) is 36.5 Å². The molecule has 0 spiro atoms. The lowest BCUT2D eigenvalue weighted by Gasteiger charge is -2.19. The van der Waals surface area contributed by atoms with Gasteiger partial charge in [-0.3, -0.25) is 4.98 Å². The minimum atomic E-state index is 0.161. The van der Waals surface area contributed by atoms with Crippen molar-refractivity contribution < 1.29 is 4.74 Å². The minimum absolute atomic E-state index is 0.161. The molecule has 0 saturated heterocycles. The third kappa shape index (κ3) is 4.65. The minimum Gasteiger partial charge on any atom is -0.487 e. The molecule has 0 amide bonds. The van der Waals surface area contributed by atoms with Gasteiger partial charge in [0.1, 0.15) is 11.9 Å². The quantitative estimate of drug-likeness (QED) is 0.807. The zero-order valence-corrected chi connectivity index (χ0v) is 12.3. The summed E-state index contributed by atoms with van der Waals surface area (Å²) in [5, 5.41) is 3.46. The van der Waals surface area contributed by atoms with Crippen LogP contribution in [0.2, 0.25) is 0 Å². The summed E-state index contributed by atoms with van der Waals surface area (Å²) in [6.45, 7) is 11.5. The number of nitrogens with one attached hydrogen (secondary N) is 1. The van der Waals surface area contributed by atoms with E-state index < -0.39 is 0 Å². The molecule has 3 nitrogen and oxygen atoms in total. The normalized spacial score (nSPS) is 14.3. The van der Waals surface area contributed by atoms with Gasteiger partial charge >= 0.3 is 0 Å². The molecule has 2 atom stereocenters. The molecule has 1 rings (SSSR count). The topological polar surface area (TPSA) is 34.1 Å². The van der Waals surface area contributed by atoms with Gasteiger partial charge in [-0.1, -0.05) is 13.8 Å². The van der Waals surface area contributed by atoms with Crippen LogP contribution in [0.1, 0.15) is 45.5 Å². The van der Waals surface area contributed by atoms with Gasteiger partial charge in [-0.15, -0.1) is 0 Å². The van der Waals surface area contributed by atoms with Crippen LogP contribution >= 0.6 is 0 Å². The van der Waals surface area contributed by atoms with Crippen molar-refractivity contribution in [2.75, 3.05) is 6.54 Å². The lowest BCUT2D eigenvalue weighted by Crippen LogP contribution is -2.34. The highest BCUT2D eigenvalue weighted by atomic mass is 16.5. The Hall–Kier alpha value is -1.09. The van der Waals surface area contributed by atoms with Crippen LogP contribution in [0.25, 0.3) is 0 Å². The molecule has 0 aromatic carbocycles. The zero-order chi connectivity index (χ0) is 13.5. The summed E-state index contributed by atoms with van der Waals surface area (Å²) in [4.78, 5) is 4.51. The van der Waals surface area contributed by atoms with E-state index in [-0.39, 0.29) is 6.10 Å². The summed E-state index contributed by atoms with van der Waals surface area (Å²) in [6, 6.07) is 4.57. The molecule has 1 heterocycles. The Morgan fingerprint density at radius 1 is 1.28 bits per heavy atom. The molecule has 2 unspecified atom stereocenters. The van der Waals surface area contributed by atoms with Gasteiger partial charge in [0.2, 0.25) is 0 Å². The second kappa shape index (κ2) is 7.37. The average molecular weight is 250 g/mol. The van der Waals surface area contributed by atoms with Crippen molar-refractivity contribution in [3.63, 3.8) is 0 Å². The van der Waals surface area contributed by atoms with Crippen molar-refractivity contribution >= 4 is 0 Å².